The summed E-state index contributed by atoms with van der Waals surface area (Å²) in [6, 6.07) is 0. The van der Waals surface area contributed by atoms with Gasteiger partial charge < -0.3 is 21.2 Å². The van der Waals surface area contributed by atoms with Crippen molar-refractivity contribution in [3.05, 3.63) is 0 Å². The number of alkyl halides is 3. The van der Waals surface area contributed by atoms with Gasteiger partial charge in [-0.25, -0.2) is 0 Å². The van der Waals surface area contributed by atoms with E-state index in [1.54, 1.807) is 13.8 Å². The van der Waals surface area contributed by atoms with Crippen LogP contribution in [-0.2, 0) is 4.79 Å². The van der Waals surface area contributed by atoms with Crippen LogP contribution in [0.5, 0.6) is 0 Å². The van der Waals surface area contributed by atoms with Crippen LogP contribution in [-0.4, -0.2) is 54.2 Å². The number of carbonyl (C=O) groups excluding carboxylic acids is 1. The van der Waals surface area contributed by atoms with E-state index in [0.717, 1.165) is 0 Å². The molecule has 1 amide bonds. The van der Waals surface area contributed by atoms with Gasteiger partial charge in [-0.3, -0.25) is 4.79 Å². The molecule has 112 valence electrons. The summed E-state index contributed by atoms with van der Waals surface area (Å²) in [6.07, 6.45) is -4.64. The molecule has 0 aliphatic rings. The molecule has 6 nitrogen and oxygen atoms in total. The molecule has 0 bridgehead atoms. The first-order valence-corrected chi connectivity index (χ1v) is 5.80. The molecule has 0 aliphatic heterocycles. The topological polar surface area (TPSA) is 91.0 Å². The Morgan fingerprint density at radius 1 is 1.42 bits per heavy atom. The van der Waals surface area contributed by atoms with Crippen LogP contribution in [0.3, 0.4) is 0 Å². The van der Waals surface area contributed by atoms with Crippen LogP contribution in [0.15, 0.2) is 5.16 Å². The quantitative estimate of drug-likeness (QED) is 0.273. The molecular formula is C10H19F3N4O2. The second kappa shape index (κ2) is 7.82. The van der Waals surface area contributed by atoms with E-state index in [0.29, 0.717) is 13.1 Å². The van der Waals surface area contributed by atoms with E-state index in [9.17, 15) is 18.0 Å². The molecule has 19 heavy (non-hydrogen) atoms. The fourth-order valence-electron chi connectivity index (χ4n) is 1.47. The molecule has 0 saturated heterocycles. The number of oxime groups is 1. The number of rotatable bonds is 7. The van der Waals surface area contributed by atoms with Crippen molar-refractivity contribution in [2.24, 2.45) is 16.8 Å². The number of hydrogen-bond acceptors (Lipinski definition) is 4. The predicted molar refractivity (Wildman–Crippen MR) is 63.8 cm³/mol. The fraction of sp³-hybridized carbons (Fsp3) is 0.800. The second-order valence-corrected chi connectivity index (χ2v) is 3.82. The van der Waals surface area contributed by atoms with Gasteiger partial charge in [0, 0.05) is 19.6 Å². The highest BCUT2D eigenvalue weighted by Crippen LogP contribution is 2.25. The van der Waals surface area contributed by atoms with Gasteiger partial charge in [-0.05, 0) is 13.8 Å². The van der Waals surface area contributed by atoms with E-state index >= 15 is 0 Å². The van der Waals surface area contributed by atoms with Crippen molar-refractivity contribution in [1.82, 2.24) is 10.2 Å². The van der Waals surface area contributed by atoms with Crippen LogP contribution < -0.4 is 11.1 Å². The highest BCUT2D eigenvalue weighted by Gasteiger charge is 2.42. The number of nitrogens with one attached hydrogen (secondary N) is 1. The highest BCUT2D eigenvalue weighted by molar-refractivity contribution is 5.83. The number of nitrogens with two attached hydrogens (primary N) is 1. The van der Waals surface area contributed by atoms with E-state index in [4.69, 9.17) is 10.9 Å². The fourth-order valence-corrected chi connectivity index (χ4v) is 1.47. The number of nitrogens with zero attached hydrogens (tertiary/aromatic N) is 2. The van der Waals surface area contributed by atoms with Crippen LogP contribution in [0.25, 0.3) is 0 Å². The molecule has 0 spiro atoms. The first-order chi connectivity index (χ1) is 8.77. The lowest BCUT2D eigenvalue weighted by atomic mass is 10.1. The third-order valence-corrected chi connectivity index (χ3v) is 2.61. The van der Waals surface area contributed by atoms with Gasteiger partial charge in [0.1, 0.15) is 5.92 Å². The van der Waals surface area contributed by atoms with Gasteiger partial charge >= 0.3 is 6.18 Å². The van der Waals surface area contributed by atoms with Gasteiger partial charge in [-0.15, -0.1) is 0 Å². The summed E-state index contributed by atoms with van der Waals surface area (Å²) in [4.78, 5) is 13.0. The maximum atomic E-state index is 12.6. The van der Waals surface area contributed by atoms with Crippen LogP contribution in [0.4, 0.5) is 13.2 Å². The Morgan fingerprint density at radius 2 is 1.95 bits per heavy atom. The standard InChI is InChI=1S/C10H19F3N4O2/c1-3-17(4-2)8(18)6-15-5-7(9(14)16-19)10(11,12)13/h7,15,19H,3-6H2,1-2H3,(H2,14,16). The first kappa shape index (κ1) is 17.5. The van der Waals surface area contributed by atoms with Gasteiger partial charge in [0.2, 0.25) is 5.91 Å². The number of amidine groups is 1. The van der Waals surface area contributed by atoms with Crippen molar-refractivity contribution >= 4 is 11.7 Å². The lowest BCUT2D eigenvalue weighted by molar-refractivity contribution is -0.155. The molecule has 0 rings (SSSR count). The Bertz CT molecular complexity index is 316. The van der Waals surface area contributed by atoms with Crippen molar-refractivity contribution in [2.45, 2.75) is 20.0 Å². The summed E-state index contributed by atoms with van der Waals surface area (Å²) in [6.45, 7) is 3.67. The smallest absolute Gasteiger partial charge is 0.400 e. The molecule has 0 radical (unpaired) electrons. The zero-order chi connectivity index (χ0) is 15.1. The molecule has 9 heteroatoms. The zero-order valence-corrected chi connectivity index (χ0v) is 10.9. The average molecular weight is 284 g/mol. The minimum Gasteiger partial charge on any atom is -0.409 e. The van der Waals surface area contributed by atoms with Gasteiger partial charge in [0.25, 0.3) is 0 Å². The summed E-state index contributed by atoms with van der Waals surface area (Å²) < 4.78 is 37.7. The average Bonchev–Trinajstić information content (AvgIpc) is 2.33. The Kier molecular flexibility index (Phi) is 7.20. The molecule has 0 aromatic carbocycles. The summed E-state index contributed by atoms with van der Waals surface area (Å²) in [5.74, 6) is -3.36. The summed E-state index contributed by atoms with van der Waals surface area (Å²) in [5, 5.41) is 13.0. The van der Waals surface area contributed by atoms with Crippen molar-refractivity contribution in [1.29, 1.82) is 0 Å². The highest BCUT2D eigenvalue weighted by atomic mass is 19.4. The molecule has 0 fully saturated rings. The van der Waals surface area contributed by atoms with Gasteiger partial charge in [-0.2, -0.15) is 13.2 Å². The van der Waals surface area contributed by atoms with Crippen molar-refractivity contribution in [3.63, 3.8) is 0 Å². The van der Waals surface area contributed by atoms with E-state index in [-0.39, 0.29) is 12.5 Å². The van der Waals surface area contributed by atoms with E-state index in [2.05, 4.69) is 10.5 Å². The van der Waals surface area contributed by atoms with E-state index in [1.807, 2.05) is 0 Å². The first-order valence-electron chi connectivity index (χ1n) is 5.80. The molecule has 0 aromatic heterocycles. The number of hydrogen-bond donors (Lipinski definition) is 3. The number of likely N-dealkylation sites (N-methyl/N-ethyl adjacent to an activating group) is 1. The lowest BCUT2D eigenvalue weighted by Crippen LogP contribution is -2.45. The molecular weight excluding hydrogens is 265 g/mol. The maximum Gasteiger partial charge on any atom is 0.400 e. The Balaban J connectivity index is 4.40. The SMILES string of the molecule is CCN(CC)C(=O)CNCC(C(N)=NO)C(F)(F)F. The predicted octanol–water partition coefficient (Wildman–Crippen LogP) is 0.369. The van der Waals surface area contributed by atoms with Crippen LogP contribution in [0.2, 0.25) is 0 Å². The Labute approximate surface area is 109 Å². The second-order valence-electron chi connectivity index (χ2n) is 3.82. The summed E-state index contributed by atoms with van der Waals surface area (Å²) in [5.41, 5.74) is 4.98. The molecule has 1 atom stereocenters. The third-order valence-electron chi connectivity index (χ3n) is 2.61. The van der Waals surface area contributed by atoms with Crippen LogP contribution in [0.1, 0.15) is 13.8 Å². The molecule has 1 unspecified atom stereocenters. The summed E-state index contributed by atoms with van der Waals surface area (Å²) in [7, 11) is 0. The maximum absolute atomic E-state index is 12.6. The van der Waals surface area contributed by atoms with Crippen molar-refractivity contribution < 1.29 is 23.2 Å². The van der Waals surface area contributed by atoms with Crippen molar-refractivity contribution in [3.8, 4) is 0 Å². The monoisotopic (exact) mass is 284 g/mol. The minimum absolute atomic E-state index is 0.229. The van der Waals surface area contributed by atoms with Crippen molar-refractivity contribution in [2.75, 3.05) is 26.2 Å². The van der Waals surface area contributed by atoms with E-state index in [1.165, 1.54) is 4.90 Å². The normalized spacial score (nSPS) is 14.3. The number of amides is 1. The third kappa shape index (κ3) is 5.77. The van der Waals surface area contributed by atoms with Crippen LogP contribution in [0, 0.1) is 5.92 Å². The zero-order valence-electron chi connectivity index (χ0n) is 10.9. The summed E-state index contributed by atoms with van der Waals surface area (Å²) >= 11 is 0. The lowest BCUT2D eigenvalue weighted by Gasteiger charge is -2.21. The van der Waals surface area contributed by atoms with E-state index < -0.39 is 24.5 Å². The molecule has 0 heterocycles. The van der Waals surface area contributed by atoms with Crippen LogP contribution >= 0.6 is 0 Å². The molecule has 0 aliphatic carbocycles. The largest absolute Gasteiger partial charge is 0.409 e. The number of halogens is 3. The Morgan fingerprint density at radius 3 is 2.32 bits per heavy atom. The molecule has 0 saturated carbocycles. The Hall–Kier alpha value is -1.51. The minimum atomic E-state index is -4.64. The molecule has 0 aromatic rings. The van der Waals surface area contributed by atoms with Gasteiger partial charge in [-0.1, -0.05) is 5.16 Å². The van der Waals surface area contributed by atoms with Gasteiger partial charge in [0.15, 0.2) is 5.84 Å². The molecule has 4 N–H and O–H groups in total. The van der Waals surface area contributed by atoms with Gasteiger partial charge in [0.05, 0.1) is 6.54 Å². The number of carbonyl (C=O) groups is 1.